The first-order valence-electron chi connectivity index (χ1n) is 8.39. The van der Waals surface area contributed by atoms with Gasteiger partial charge >= 0.3 is 5.97 Å². The molecule has 0 aromatic rings. The Morgan fingerprint density at radius 3 is 2.05 bits per heavy atom. The van der Waals surface area contributed by atoms with E-state index in [0.717, 1.165) is 6.04 Å². The van der Waals surface area contributed by atoms with Crippen molar-refractivity contribution < 1.29 is 17.9 Å². The molecule has 1 saturated carbocycles. The minimum atomic E-state index is -3.48. The second-order valence-electron chi connectivity index (χ2n) is 7.17. The van der Waals surface area contributed by atoms with Crippen LogP contribution in [0, 0.1) is 11.8 Å². The maximum atomic E-state index is 12.3. The Morgan fingerprint density at radius 1 is 1.18 bits per heavy atom. The molecule has 4 nitrogen and oxygen atoms in total. The summed E-state index contributed by atoms with van der Waals surface area (Å²) < 4.78 is 28.2. The molecule has 0 N–H and O–H groups in total. The molecular formula is C16H32O4SSi. The van der Waals surface area contributed by atoms with Crippen LogP contribution >= 0.6 is 0 Å². The molecule has 6 heteroatoms. The first-order chi connectivity index (χ1) is 10.1. The molecule has 0 spiro atoms. The number of sulfone groups is 1. The third-order valence-corrected chi connectivity index (χ3v) is 14.1. The van der Waals surface area contributed by atoms with Crippen molar-refractivity contribution in [1.82, 2.24) is 0 Å². The van der Waals surface area contributed by atoms with Crippen molar-refractivity contribution in [2.24, 2.45) is 11.8 Å². The van der Waals surface area contributed by atoms with Gasteiger partial charge in [-0.15, -0.1) is 0 Å². The molecular weight excluding hydrogens is 316 g/mol. The number of hydrogen-bond donors (Lipinski definition) is 0. The summed E-state index contributed by atoms with van der Waals surface area (Å²) in [7, 11) is -3.53. The Labute approximate surface area is 136 Å². The lowest BCUT2D eigenvalue weighted by atomic mass is 10.0. The summed E-state index contributed by atoms with van der Waals surface area (Å²) in [4.78, 5) is 12.3. The van der Waals surface area contributed by atoms with Gasteiger partial charge in [0.15, 0.2) is 14.6 Å². The first kappa shape index (κ1) is 19.7. The zero-order valence-corrected chi connectivity index (χ0v) is 16.8. The van der Waals surface area contributed by atoms with Crippen molar-refractivity contribution in [3.63, 3.8) is 0 Å². The smallest absolute Gasteiger partial charge is 0.327 e. The lowest BCUT2D eigenvalue weighted by molar-refractivity contribution is -0.143. The maximum absolute atomic E-state index is 12.3. The normalized spacial score (nSPS) is 29.5. The van der Waals surface area contributed by atoms with Crippen LogP contribution < -0.4 is 0 Å². The highest BCUT2D eigenvalue weighted by atomic mass is 32.2. The number of rotatable bonds is 7. The molecule has 0 heterocycles. The fraction of sp³-hybridized carbons (Fsp3) is 0.938. The van der Waals surface area contributed by atoms with Crippen LogP contribution in [0.15, 0.2) is 0 Å². The van der Waals surface area contributed by atoms with Crippen molar-refractivity contribution in [2.75, 3.05) is 13.4 Å². The Kier molecular flexibility index (Phi) is 6.29. The van der Waals surface area contributed by atoms with Crippen molar-refractivity contribution in [1.29, 1.82) is 0 Å². The van der Waals surface area contributed by atoms with E-state index >= 15 is 0 Å². The quantitative estimate of drug-likeness (QED) is 0.522. The third kappa shape index (κ3) is 3.42. The molecule has 0 aromatic heterocycles. The number of hydrogen-bond acceptors (Lipinski definition) is 4. The first-order valence-corrected chi connectivity index (χ1v) is 13.1. The van der Waals surface area contributed by atoms with E-state index in [4.69, 9.17) is 4.74 Å². The molecule has 0 amide bonds. The monoisotopic (exact) mass is 348 g/mol. The maximum Gasteiger partial charge on any atom is 0.327 e. The highest BCUT2D eigenvalue weighted by Crippen LogP contribution is 2.49. The van der Waals surface area contributed by atoms with Gasteiger partial charge in [-0.2, -0.15) is 0 Å². The average Bonchev–Trinajstić information content (AvgIpc) is 2.81. The lowest BCUT2D eigenvalue weighted by Gasteiger charge is -2.33. The number of carbonyl (C=O) groups excluding carboxylic acids is 1. The van der Waals surface area contributed by atoms with Gasteiger partial charge in [0, 0.05) is 6.26 Å². The van der Waals surface area contributed by atoms with E-state index < -0.39 is 28.6 Å². The molecule has 1 aliphatic carbocycles. The van der Waals surface area contributed by atoms with Crippen LogP contribution in [0.2, 0.25) is 24.2 Å². The van der Waals surface area contributed by atoms with Gasteiger partial charge in [-0.3, -0.25) is 4.79 Å². The van der Waals surface area contributed by atoms with Crippen LogP contribution in [0.1, 0.15) is 40.5 Å². The average molecular weight is 349 g/mol. The van der Waals surface area contributed by atoms with Gasteiger partial charge in [0.25, 0.3) is 0 Å². The summed E-state index contributed by atoms with van der Waals surface area (Å²) in [5.41, 5.74) is 0. The summed E-state index contributed by atoms with van der Waals surface area (Å²) in [5.74, 6) is 0.00630. The fourth-order valence-corrected chi connectivity index (χ4v) is 9.71. The van der Waals surface area contributed by atoms with Gasteiger partial charge in [-0.25, -0.2) is 8.42 Å². The van der Waals surface area contributed by atoms with Gasteiger partial charge in [0.1, 0.15) is 0 Å². The Hall–Kier alpha value is -0.363. The molecule has 1 aliphatic rings. The third-order valence-electron chi connectivity index (χ3n) is 6.26. The predicted octanol–water partition coefficient (Wildman–Crippen LogP) is 3.50. The van der Waals surface area contributed by atoms with Crippen LogP contribution in [0.4, 0.5) is 0 Å². The summed E-state index contributed by atoms with van der Waals surface area (Å²) >= 11 is 0. The van der Waals surface area contributed by atoms with E-state index in [-0.39, 0.29) is 5.92 Å². The van der Waals surface area contributed by atoms with E-state index in [2.05, 4.69) is 27.7 Å². The van der Waals surface area contributed by atoms with Crippen molar-refractivity contribution in [3.05, 3.63) is 0 Å². The van der Waals surface area contributed by atoms with Gasteiger partial charge in [0.2, 0.25) is 0 Å². The van der Waals surface area contributed by atoms with Crippen LogP contribution in [-0.4, -0.2) is 40.6 Å². The molecule has 0 aliphatic heterocycles. The summed E-state index contributed by atoms with van der Waals surface area (Å²) in [6.07, 6.45) is 2.03. The van der Waals surface area contributed by atoms with E-state index in [1.54, 1.807) is 0 Å². The van der Waals surface area contributed by atoms with Gasteiger partial charge in [-0.05, 0) is 24.7 Å². The zero-order valence-electron chi connectivity index (χ0n) is 14.9. The second-order valence-corrected chi connectivity index (χ2v) is 15.0. The number of methoxy groups -OCH3 is 1. The summed E-state index contributed by atoms with van der Waals surface area (Å²) in [5, 5.41) is 0. The minimum absolute atomic E-state index is 0.255. The Morgan fingerprint density at radius 2 is 1.68 bits per heavy atom. The molecule has 3 atom stereocenters. The van der Waals surface area contributed by atoms with Gasteiger partial charge in [0.05, 0.1) is 15.2 Å². The molecule has 1 fully saturated rings. The molecule has 0 radical (unpaired) electrons. The Balaban J connectivity index is 3.12. The molecule has 0 aromatic carbocycles. The lowest BCUT2D eigenvalue weighted by Crippen LogP contribution is -2.45. The van der Waals surface area contributed by atoms with Crippen LogP contribution in [0.5, 0.6) is 0 Å². The predicted molar refractivity (Wildman–Crippen MR) is 93.5 cm³/mol. The van der Waals surface area contributed by atoms with Crippen LogP contribution in [0.25, 0.3) is 0 Å². The van der Waals surface area contributed by atoms with Gasteiger partial charge < -0.3 is 4.74 Å². The zero-order chi connectivity index (χ0) is 17.2. The van der Waals surface area contributed by atoms with E-state index in [0.29, 0.717) is 18.8 Å². The van der Waals surface area contributed by atoms with Crippen LogP contribution in [0.3, 0.4) is 0 Å². The SMILES string of the molecule is CC[Si](CC)(CC)C[C@H]1CC(C(=O)OC)(S(C)(=O)=O)C[C@@H]1C. The Bertz CT molecular complexity index is 490. The summed E-state index contributed by atoms with van der Waals surface area (Å²) in [6.45, 7) is 8.90. The second kappa shape index (κ2) is 7.03. The van der Waals surface area contributed by atoms with Crippen molar-refractivity contribution in [2.45, 2.75) is 69.5 Å². The largest absolute Gasteiger partial charge is 0.468 e. The van der Waals surface area contributed by atoms with E-state index in [1.807, 2.05) is 0 Å². The van der Waals surface area contributed by atoms with Crippen molar-refractivity contribution in [3.8, 4) is 0 Å². The molecule has 1 rings (SSSR count). The van der Waals surface area contributed by atoms with Crippen LogP contribution in [-0.2, 0) is 19.4 Å². The van der Waals surface area contributed by atoms with Crippen molar-refractivity contribution >= 4 is 23.9 Å². The molecule has 0 bridgehead atoms. The fourth-order valence-electron chi connectivity index (χ4n) is 4.21. The standard InChI is InChI=1S/C16H32O4SSi/c1-7-22(8-2,9-3)12-14-11-16(10-13(14)4,15(17)20-5)21(6,18)19/h13-14H,7-12H2,1-6H3/t13-,14+,16?/m0/s1. The minimum Gasteiger partial charge on any atom is -0.468 e. The number of ether oxygens (including phenoxy) is 1. The molecule has 130 valence electrons. The van der Waals surface area contributed by atoms with E-state index in [1.165, 1.54) is 31.5 Å². The number of carbonyl (C=O) groups is 1. The highest BCUT2D eigenvalue weighted by Gasteiger charge is 2.57. The number of esters is 1. The highest BCUT2D eigenvalue weighted by molar-refractivity contribution is 7.92. The molecule has 1 unspecified atom stereocenters. The molecule has 0 saturated heterocycles. The molecule has 22 heavy (non-hydrogen) atoms. The topological polar surface area (TPSA) is 60.4 Å². The van der Waals surface area contributed by atoms with E-state index in [9.17, 15) is 13.2 Å². The summed E-state index contributed by atoms with van der Waals surface area (Å²) in [6, 6.07) is 4.82. The van der Waals surface area contributed by atoms with Gasteiger partial charge in [-0.1, -0.05) is 51.9 Å².